The van der Waals surface area contributed by atoms with E-state index in [9.17, 15) is 13.2 Å². The van der Waals surface area contributed by atoms with Crippen LogP contribution in [-0.4, -0.2) is 26.8 Å². The Morgan fingerprint density at radius 3 is 2.04 bits per heavy atom. The Kier molecular flexibility index (Phi) is 6.72. The zero-order valence-corrected chi connectivity index (χ0v) is 17.8. The van der Waals surface area contributed by atoms with Crippen LogP contribution >= 0.6 is 0 Å². The highest BCUT2D eigenvalue weighted by molar-refractivity contribution is 7.86. The molecule has 1 heterocycles. The predicted molar refractivity (Wildman–Crippen MR) is 98.9 cm³/mol. The van der Waals surface area contributed by atoms with Gasteiger partial charge in [0, 0.05) is 6.07 Å². The Morgan fingerprint density at radius 1 is 1.11 bits per heavy atom. The molecule has 0 fully saturated rings. The van der Waals surface area contributed by atoms with Gasteiger partial charge in [0.1, 0.15) is 11.1 Å². The lowest BCUT2D eigenvalue weighted by atomic mass is 10.2. The first-order valence-electron chi connectivity index (χ1n) is 7.99. The first-order chi connectivity index (χ1) is 12.0. The van der Waals surface area contributed by atoms with Gasteiger partial charge in [0.15, 0.2) is 10.1 Å². The average Bonchev–Trinajstić information content (AvgIpc) is 2.47. The topological polar surface area (TPSA) is 77.7 Å². The van der Waals surface area contributed by atoms with Crippen LogP contribution in [0.5, 0.6) is 5.75 Å². The Morgan fingerprint density at radius 2 is 1.59 bits per heavy atom. The zero-order chi connectivity index (χ0) is 21.3. The Balaban J connectivity index is 0.000000387. The van der Waals surface area contributed by atoms with Crippen LogP contribution in [0.2, 0.25) is 18.1 Å². The van der Waals surface area contributed by atoms with Gasteiger partial charge in [0.25, 0.3) is 8.32 Å². The van der Waals surface area contributed by atoms with E-state index in [1.165, 1.54) is 0 Å². The normalized spacial score (nSPS) is 13.1. The third-order valence-corrected chi connectivity index (χ3v) is 9.19. The van der Waals surface area contributed by atoms with E-state index in [1.54, 1.807) is 6.26 Å². The number of alkyl halides is 3. The van der Waals surface area contributed by atoms with Crippen molar-refractivity contribution in [2.24, 2.45) is 0 Å². The fraction of sp³-hybridized carbons (Fsp3) is 0.471. The molecule has 0 N–H and O–H groups in total. The molecule has 152 valence electrons. The van der Waals surface area contributed by atoms with Crippen molar-refractivity contribution in [2.45, 2.75) is 51.3 Å². The number of benzene rings is 1. The van der Waals surface area contributed by atoms with Crippen molar-refractivity contribution in [2.75, 3.05) is 0 Å². The van der Waals surface area contributed by atoms with Gasteiger partial charge in [0.05, 0.1) is 5.56 Å². The molecule has 0 spiro atoms. The quantitative estimate of drug-likeness (QED) is 0.277. The van der Waals surface area contributed by atoms with Crippen LogP contribution in [0.25, 0.3) is 11.0 Å². The van der Waals surface area contributed by atoms with Crippen molar-refractivity contribution in [3.05, 3.63) is 36.1 Å². The van der Waals surface area contributed by atoms with Crippen LogP contribution in [0.3, 0.4) is 0 Å². The molecule has 0 atom stereocenters. The highest BCUT2D eigenvalue weighted by atomic mass is 32.2. The van der Waals surface area contributed by atoms with E-state index >= 15 is 0 Å². The molecular formula is C17H23F3O5SSi. The van der Waals surface area contributed by atoms with Gasteiger partial charge in [-0.05, 0) is 31.1 Å². The lowest BCUT2D eigenvalue weighted by Crippen LogP contribution is -2.44. The fourth-order valence-electron chi connectivity index (χ4n) is 1.72. The molecule has 27 heavy (non-hydrogen) atoms. The summed E-state index contributed by atoms with van der Waals surface area (Å²) in [7, 11) is -7.93. The van der Waals surface area contributed by atoms with E-state index in [0.29, 0.717) is 0 Å². The molecule has 0 radical (unpaired) electrons. The maximum absolute atomic E-state index is 10.7. The first-order valence-corrected chi connectivity index (χ1v) is 12.3. The lowest BCUT2D eigenvalue weighted by molar-refractivity contribution is -0.0517. The Bertz CT molecular complexity index is 903. The molecule has 2 aromatic rings. The van der Waals surface area contributed by atoms with Crippen LogP contribution in [0.4, 0.5) is 13.2 Å². The summed E-state index contributed by atoms with van der Waals surface area (Å²) in [4.78, 5) is 0. The van der Waals surface area contributed by atoms with E-state index in [2.05, 4.69) is 39.9 Å². The van der Waals surface area contributed by atoms with E-state index in [4.69, 9.17) is 21.8 Å². The van der Waals surface area contributed by atoms with Gasteiger partial charge in [-0.3, -0.25) is 0 Å². The van der Waals surface area contributed by atoms with Gasteiger partial charge in [0.2, 0.25) is 0 Å². The number of halogens is 3. The molecule has 0 aliphatic rings. The van der Waals surface area contributed by atoms with Crippen molar-refractivity contribution < 1.29 is 35.0 Å². The monoisotopic (exact) mass is 424 g/mol. The number of hydrogen-bond acceptors (Lipinski definition) is 4. The SMILES string of the molecule is Cc1c[o+]c2ccccc2c1O[Si](C)(C)C(C)(C)C.O=S(=O)([O-])C(F)(F)F. The molecule has 0 unspecified atom stereocenters. The van der Waals surface area contributed by atoms with Crippen LogP contribution in [-0.2, 0) is 10.1 Å². The molecule has 0 amide bonds. The van der Waals surface area contributed by atoms with E-state index in [0.717, 1.165) is 22.3 Å². The third-order valence-electron chi connectivity index (χ3n) is 4.30. The predicted octanol–water partition coefficient (Wildman–Crippen LogP) is 5.46. The summed E-state index contributed by atoms with van der Waals surface area (Å²) >= 11 is 0. The summed E-state index contributed by atoms with van der Waals surface area (Å²) in [5, 5.41) is 1.25. The molecule has 1 aromatic carbocycles. The lowest BCUT2D eigenvalue weighted by Gasteiger charge is -2.36. The number of rotatable bonds is 2. The van der Waals surface area contributed by atoms with Crippen molar-refractivity contribution in [3.63, 3.8) is 0 Å². The van der Waals surface area contributed by atoms with Gasteiger partial charge >= 0.3 is 17.4 Å². The number of hydrogen-bond donors (Lipinski definition) is 0. The maximum Gasteiger partial charge on any atom is 0.485 e. The standard InChI is InChI=1S/C16H23O2Si.CHF3O3S/c1-12-11-17-14-10-8-7-9-13(14)15(12)18-19(5,6)16(2,3)4;2-1(3,4)8(5,6)7/h7-11H,1-6H3;(H,5,6,7)/q+1;/p-1. The van der Waals surface area contributed by atoms with Gasteiger partial charge in [-0.2, -0.15) is 13.2 Å². The highest BCUT2D eigenvalue weighted by Crippen LogP contribution is 2.40. The second kappa shape index (κ2) is 7.76. The fourth-order valence-corrected chi connectivity index (χ4v) is 2.81. The summed E-state index contributed by atoms with van der Waals surface area (Å²) in [5.74, 6) is 0.980. The van der Waals surface area contributed by atoms with Gasteiger partial charge in [-0.1, -0.05) is 32.9 Å². The summed E-state index contributed by atoms with van der Waals surface area (Å²) < 4.78 is 71.0. The zero-order valence-electron chi connectivity index (χ0n) is 16.0. The molecule has 0 saturated heterocycles. The minimum absolute atomic E-state index is 0.188. The van der Waals surface area contributed by atoms with Gasteiger partial charge in [-0.25, -0.2) is 12.8 Å². The summed E-state index contributed by atoms with van der Waals surface area (Å²) in [5.41, 5.74) is -3.71. The molecule has 0 saturated carbocycles. The minimum Gasteiger partial charge on any atom is -0.741 e. The molecule has 5 nitrogen and oxygen atoms in total. The molecule has 10 heteroatoms. The van der Waals surface area contributed by atoms with Crippen LogP contribution in [0.1, 0.15) is 26.3 Å². The molecule has 1 aromatic heterocycles. The van der Waals surface area contributed by atoms with Crippen molar-refractivity contribution in [1.82, 2.24) is 0 Å². The smallest absolute Gasteiger partial charge is 0.485 e. The second-order valence-electron chi connectivity index (χ2n) is 7.51. The second-order valence-corrected chi connectivity index (χ2v) is 13.6. The Hall–Kier alpha value is -1.65. The summed E-state index contributed by atoms with van der Waals surface area (Å²) in [6.45, 7) is 13.3. The van der Waals surface area contributed by atoms with E-state index < -0.39 is 23.9 Å². The van der Waals surface area contributed by atoms with E-state index in [-0.39, 0.29) is 5.04 Å². The molecule has 0 aliphatic heterocycles. The van der Waals surface area contributed by atoms with Crippen LogP contribution in [0, 0.1) is 6.92 Å². The van der Waals surface area contributed by atoms with Gasteiger partial charge < -0.3 is 8.98 Å². The Labute approximate surface area is 158 Å². The molecule has 0 bridgehead atoms. The number of aryl methyl sites for hydroxylation is 1. The molecular weight excluding hydrogens is 401 g/mol. The van der Waals surface area contributed by atoms with E-state index in [1.807, 2.05) is 25.1 Å². The number of para-hydroxylation sites is 1. The average molecular weight is 425 g/mol. The van der Waals surface area contributed by atoms with Crippen molar-refractivity contribution in [3.8, 4) is 5.75 Å². The largest absolute Gasteiger partial charge is 0.741 e. The summed E-state index contributed by atoms with van der Waals surface area (Å²) in [6, 6.07) is 8.05. The molecule has 2 rings (SSSR count). The van der Waals surface area contributed by atoms with Crippen molar-refractivity contribution in [1.29, 1.82) is 0 Å². The molecule has 0 aliphatic carbocycles. The van der Waals surface area contributed by atoms with Crippen LogP contribution < -0.4 is 4.43 Å². The van der Waals surface area contributed by atoms with Crippen LogP contribution in [0.15, 0.2) is 34.9 Å². The van der Waals surface area contributed by atoms with Crippen molar-refractivity contribution >= 4 is 29.4 Å². The number of fused-ring (bicyclic) bond motifs is 1. The van der Waals surface area contributed by atoms with Gasteiger partial charge in [-0.15, -0.1) is 0 Å². The minimum atomic E-state index is -6.09. The first kappa shape index (κ1) is 23.4. The maximum atomic E-state index is 10.7. The summed E-state index contributed by atoms with van der Waals surface area (Å²) in [6.07, 6.45) is 1.78. The highest BCUT2D eigenvalue weighted by Gasteiger charge is 2.40. The third kappa shape index (κ3) is 5.91.